The molecule has 1 aromatic carbocycles. The molecule has 0 amide bonds. The summed E-state index contributed by atoms with van der Waals surface area (Å²) in [6, 6.07) is 10.5. The van der Waals surface area contributed by atoms with E-state index in [1.54, 1.807) is 0 Å². The second-order valence-corrected chi connectivity index (χ2v) is 3.54. The molecule has 2 aromatic rings. The lowest BCUT2D eigenvalue weighted by Crippen LogP contribution is -2.10. The van der Waals surface area contributed by atoms with Crippen LogP contribution in [0.15, 0.2) is 28.8 Å². The number of hydrogen-bond donors (Lipinski definition) is 0. The van der Waals surface area contributed by atoms with Crippen LogP contribution in [0.5, 0.6) is 0 Å². The minimum atomic E-state index is 0.615. The van der Waals surface area contributed by atoms with E-state index in [0.717, 1.165) is 5.56 Å². The Kier molecular flexibility index (Phi) is 2.78. The number of rotatable bonds is 3. The minimum absolute atomic E-state index is 0.615. The fourth-order valence-electron chi connectivity index (χ4n) is 1.24. The second kappa shape index (κ2) is 4.23. The highest BCUT2D eigenvalue weighted by Gasteiger charge is 2.08. The Morgan fingerprint density at radius 3 is 3.00 bits per heavy atom. The van der Waals surface area contributed by atoms with Gasteiger partial charge in [0.1, 0.15) is 0 Å². The summed E-state index contributed by atoms with van der Waals surface area (Å²) >= 11 is 0. The molecular formula is C11H12N3O. The van der Waals surface area contributed by atoms with Crippen LogP contribution in [-0.2, 0) is 6.54 Å². The van der Waals surface area contributed by atoms with E-state index < -0.39 is 0 Å². The van der Waals surface area contributed by atoms with Crippen molar-refractivity contribution in [3.05, 3.63) is 36.2 Å². The molecule has 0 aliphatic rings. The van der Waals surface area contributed by atoms with Gasteiger partial charge in [-0.3, -0.25) is 0 Å². The van der Waals surface area contributed by atoms with E-state index >= 15 is 0 Å². The van der Waals surface area contributed by atoms with Gasteiger partial charge in [0.05, 0.1) is 6.54 Å². The molecule has 15 heavy (non-hydrogen) atoms. The third-order valence-electron chi connectivity index (χ3n) is 1.88. The van der Waals surface area contributed by atoms with Crippen LogP contribution in [-0.4, -0.2) is 29.1 Å². The van der Waals surface area contributed by atoms with Crippen molar-refractivity contribution in [2.24, 2.45) is 0 Å². The molecule has 1 heterocycles. The van der Waals surface area contributed by atoms with E-state index in [1.807, 2.05) is 43.3 Å². The van der Waals surface area contributed by atoms with Gasteiger partial charge in [0.25, 0.3) is 0 Å². The zero-order valence-electron chi connectivity index (χ0n) is 8.77. The predicted octanol–water partition coefficient (Wildman–Crippen LogP) is 1.60. The molecule has 4 heteroatoms. The van der Waals surface area contributed by atoms with E-state index in [2.05, 4.69) is 16.2 Å². The Hall–Kier alpha value is -1.68. The molecule has 77 valence electrons. The van der Waals surface area contributed by atoms with Crippen molar-refractivity contribution >= 4 is 0 Å². The van der Waals surface area contributed by atoms with Crippen molar-refractivity contribution in [1.29, 1.82) is 0 Å². The van der Waals surface area contributed by atoms with Crippen LogP contribution in [0.25, 0.3) is 11.4 Å². The summed E-state index contributed by atoms with van der Waals surface area (Å²) in [5.74, 6) is 1.24. The monoisotopic (exact) mass is 202 g/mol. The molecule has 0 atom stereocenters. The summed E-state index contributed by atoms with van der Waals surface area (Å²) in [6.45, 7) is 0.656. The Balaban J connectivity index is 2.21. The lowest BCUT2D eigenvalue weighted by atomic mass is 10.2. The Morgan fingerprint density at radius 1 is 1.47 bits per heavy atom. The van der Waals surface area contributed by atoms with Crippen LogP contribution in [0.2, 0.25) is 0 Å². The van der Waals surface area contributed by atoms with Crippen LogP contribution < -0.4 is 0 Å². The average molecular weight is 202 g/mol. The van der Waals surface area contributed by atoms with Crippen molar-refractivity contribution in [2.45, 2.75) is 6.54 Å². The molecule has 0 N–H and O–H groups in total. The van der Waals surface area contributed by atoms with Gasteiger partial charge in [0, 0.05) is 5.56 Å². The molecule has 0 saturated carbocycles. The Labute approximate surface area is 88.5 Å². The molecule has 4 nitrogen and oxygen atoms in total. The predicted molar refractivity (Wildman–Crippen MR) is 56.0 cm³/mol. The third-order valence-corrected chi connectivity index (χ3v) is 1.88. The van der Waals surface area contributed by atoms with Crippen molar-refractivity contribution < 1.29 is 4.52 Å². The molecule has 0 bridgehead atoms. The molecule has 0 saturated heterocycles. The van der Waals surface area contributed by atoms with Crippen molar-refractivity contribution in [3.8, 4) is 11.4 Å². The molecule has 0 spiro atoms. The Bertz CT molecular complexity index is 422. The van der Waals surface area contributed by atoms with Gasteiger partial charge in [-0.1, -0.05) is 23.4 Å². The maximum atomic E-state index is 5.11. The van der Waals surface area contributed by atoms with Crippen molar-refractivity contribution in [3.63, 3.8) is 0 Å². The molecule has 0 fully saturated rings. The fraction of sp³-hybridized carbons (Fsp3) is 0.273. The van der Waals surface area contributed by atoms with Crippen LogP contribution in [0, 0.1) is 6.07 Å². The number of benzene rings is 1. The molecule has 0 unspecified atom stereocenters. The SMILES string of the molecule is CN(C)Cc1nc(-c2c[c]ccc2)no1. The molecule has 0 aliphatic heterocycles. The number of hydrogen-bond acceptors (Lipinski definition) is 4. The lowest BCUT2D eigenvalue weighted by molar-refractivity contribution is 0.303. The van der Waals surface area contributed by atoms with Crippen LogP contribution in [0.4, 0.5) is 0 Å². The summed E-state index contributed by atoms with van der Waals surface area (Å²) in [5, 5.41) is 3.91. The van der Waals surface area contributed by atoms with Gasteiger partial charge < -0.3 is 9.42 Å². The molecule has 1 aromatic heterocycles. The smallest absolute Gasteiger partial charge is 0.241 e. The quantitative estimate of drug-likeness (QED) is 0.758. The second-order valence-electron chi connectivity index (χ2n) is 3.54. The van der Waals surface area contributed by atoms with Gasteiger partial charge in [0.15, 0.2) is 0 Å². The first-order chi connectivity index (χ1) is 7.25. The van der Waals surface area contributed by atoms with Gasteiger partial charge in [-0.05, 0) is 26.2 Å². The highest BCUT2D eigenvalue weighted by molar-refractivity contribution is 5.53. The maximum absolute atomic E-state index is 5.11. The average Bonchev–Trinajstić information content (AvgIpc) is 2.67. The fourth-order valence-corrected chi connectivity index (χ4v) is 1.24. The molecule has 1 radical (unpaired) electrons. The van der Waals surface area contributed by atoms with E-state index in [0.29, 0.717) is 18.3 Å². The molecule has 0 aliphatic carbocycles. The maximum Gasteiger partial charge on any atom is 0.241 e. The van der Waals surface area contributed by atoms with Gasteiger partial charge in [-0.25, -0.2) is 0 Å². The van der Waals surface area contributed by atoms with Gasteiger partial charge >= 0.3 is 0 Å². The van der Waals surface area contributed by atoms with E-state index in [4.69, 9.17) is 4.52 Å². The van der Waals surface area contributed by atoms with Crippen molar-refractivity contribution in [2.75, 3.05) is 14.1 Å². The standard InChI is InChI=1S/C11H12N3O/c1-14(2)8-10-12-11(13-15-10)9-6-4-3-5-7-9/h3-4,6-7H,8H2,1-2H3. The van der Waals surface area contributed by atoms with E-state index in [-0.39, 0.29) is 0 Å². The summed E-state index contributed by atoms with van der Waals surface area (Å²) in [7, 11) is 3.92. The normalized spacial score (nSPS) is 10.9. The number of aromatic nitrogens is 2. The van der Waals surface area contributed by atoms with Gasteiger partial charge in [0.2, 0.25) is 11.7 Å². The largest absolute Gasteiger partial charge is 0.338 e. The highest BCUT2D eigenvalue weighted by atomic mass is 16.5. The topological polar surface area (TPSA) is 42.2 Å². The minimum Gasteiger partial charge on any atom is -0.338 e. The lowest BCUT2D eigenvalue weighted by Gasteiger charge is -2.02. The van der Waals surface area contributed by atoms with Gasteiger partial charge in [-0.15, -0.1) is 0 Å². The first-order valence-electron chi connectivity index (χ1n) is 4.69. The van der Waals surface area contributed by atoms with E-state index in [9.17, 15) is 0 Å². The highest BCUT2D eigenvalue weighted by Crippen LogP contribution is 2.14. The Morgan fingerprint density at radius 2 is 2.33 bits per heavy atom. The summed E-state index contributed by atoms with van der Waals surface area (Å²) in [4.78, 5) is 6.26. The third kappa shape index (κ3) is 2.41. The number of nitrogens with zero attached hydrogens (tertiary/aromatic N) is 3. The summed E-state index contributed by atoms with van der Waals surface area (Å²) < 4.78 is 5.11. The molecule has 2 rings (SSSR count). The first-order valence-corrected chi connectivity index (χ1v) is 4.69. The van der Waals surface area contributed by atoms with Crippen molar-refractivity contribution in [1.82, 2.24) is 15.0 Å². The zero-order valence-corrected chi connectivity index (χ0v) is 8.77. The summed E-state index contributed by atoms with van der Waals surface area (Å²) in [6.07, 6.45) is 0. The summed E-state index contributed by atoms with van der Waals surface area (Å²) in [5.41, 5.74) is 0.922. The van der Waals surface area contributed by atoms with Gasteiger partial charge in [-0.2, -0.15) is 4.98 Å². The van der Waals surface area contributed by atoms with Crippen LogP contribution >= 0.6 is 0 Å². The zero-order chi connectivity index (χ0) is 10.7. The molecular weight excluding hydrogens is 190 g/mol. The van der Waals surface area contributed by atoms with Crippen LogP contribution in [0.1, 0.15) is 5.89 Å². The van der Waals surface area contributed by atoms with E-state index in [1.165, 1.54) is 0 Å². The first kappa shape index (κ1) is 9.86. The van der Waals surface area contributed by atoms with Crippen LogP contribution in [0.3, 0.4) is 0 Å².